The topological polar surface area (TPSA) is 141 Å². The van der Waals surface area contributed by atoms with E-state index >= 15 is 0 Å². The molecular weight excluding hydrogens is 529 g/mol. The molecule has 0 bridgehead atoms. The number of amides is 2. The third-order valence-electron chi connectivity index (χ3n) is 3.93. The highest BCUT2D eigenvalue weighted by Crippen LogP contribution is 2.35. The lowest BCUT2D eigenvalue weighted by Gasteiger charge is -2.14. The Labute approximate surface area is 198 Å². The van der Waals surface area contributed by atoms with E-state index in [-0.39, 0.29) is 12.2 Å². The molecule has 2 amide bonds. The second kappa shape index (κ2) is 11.7. The molecule has 0 radical (unpaired) electrons. The molecule has 0 spiro atoms. The summed E-state index contributed by atoms with van der Waals surface area (Å²) in [7, 11) is 1.27. The van der Waals surface area contributed by atoms with Crippen LogP contribution in [0.1, 0.15) is 22.8 Å². The first-order valence-corrected chi connectivity index (χ1v) is 10.4. The van der Waals surface area contributed by atoms with Gasteiger partial charge in [0.25, 0.3) is 11.8 Å². The lowest BCUT2D eigenvalue weighted by atomic mass is 10.1. The monoisotopic (exact) mass is 549 g/mol. The molecule has 3 N–H and O–H groups in total. The van der Waals surface area contributed by atoms with Crippen molar-refractivity contribution in [2.75, 3.05) is 25.6 Å². The number of carbonyl (C=O) groups is 3. The summed E-state index contributed by atoms with van der Waals surface area (Å²) in [5, 5.41) is 12.1. The maximum absolute atomic E-state index is 12.6. The van der Waals surface area contributed by atoms with Crippen molar-refractivity contribution in [3.05, 3.63) is 56.7 Å². The number of carbonyl (C=O) groups excluding carboxylic acids is 3. The Kier molecular flexibility index (Phi) is 9.03. The standard InChI is InChI=1S/C22H20IN3O6/c1-3-31-18-10-13(9-17(23)20(18)32-12-19(25)27)8-15(11-24)21(28)26-16-6-4-14(5-7-16)22(29)30-2/h4-10H,3,12H2,1-2H3,(H2,25,27)(H,26,28)/b15-8+. The van der Waals surface area contributed by atoms with E-state index in [0.29, 0.717) is 38.5 Å². The maximum Gasteiger partial charge on any atom is 0.337 e. The van der Waals surface area contributed by atoms with Crippen LogP contribution in [-0.2, 0) is 14.3 Å². The van der Waals surface area contributed by atoms with Crippen molar-refractivity contribution < 1.29 is 28.6 Å². The summed E-state index contributed by atoms with van der Waals surface area (Å²) in [6, 6.07) is 11.2. The van der Waals surface area contributed by atoms with Crippen LogP contribution in [0, 0.1) is 14.9 Å². The van der Waals surface area contributed by atoms with Gasteiger partial charge in [-0.05, 0) is 77.6 Å². The molecule has 0 aliphatic heterocycles. The predicted molar refractivity (Wildman–Crippen MR) is 125 cm³/mol. The molecule has 0 saturated heterocycles. The summed E-state index contributed by atoms with van der Waals surface area (Å²) in [6.45, 7) is 1.81. The quantitative estimate of drug-likeness (QED) is 0.212. The van der Waals surface area contributed by atoms with Gasteiger partial charge in [0.1, 0.15) is 11.6 Å². The van der Waals surface area contributed by atoms with Gasteiger partial charge in [-0.25, -0.2) is 4.79 Å². The highest BCUT2D eigenvalue weighted by molar-refractivity contribution is 14.1. The van der Waals surface area contributed by atoms with E-state index in [0.717, 1.165) is 0 Å². The number of nitrogens with one attached hydrogen (secondary N) is 1. The zero-order valence-electron chi connectivity index (χ0n) is 17.3. The Hall–Kier alpha value is -3.59. The zero-order valence-corrected chi connectivity index (χ0v) is 19.5. The highest BCUT2D eigenvalue weighted by Gasteiger charge is 2.15. The van der Waals surface area contributed by atoms with Gasteiger partial charge in [0.2, 0.25) is 0 Å². The van der Waals surface area contributed by atoms with E-state index in [1.54, 1.807) is 19.1 Å². The molecule has 10 heteroatoms. The van der Waals surface area contributed by atoms with Gasteiger partial charge in [-0.3, -0.25) is 9.59 Å². The summed E-state index contributed by atoms with van der Waals surface area (Å²) in [6.07, 6.45) is 1.40. The maximum atomic E-state index is 12.6. The smallest absolute Gasteiger partial charge is 0.337 e. The molecule has 32 heavy (non-hydrogen) atoms. The molecule has 0 aliphatic carbocycles. The van der Waals surface area contributed by atoms with E-state index in [2.05, 4.69) is 10.1 Å². The number of primary amides is 1. The van der Waals surface area contributed by atoms with Gasteiger partial charge in [0, 0.05) is 5.69 Å². The Balaban J connectivity index is 2.27. The van der Waals surface area contributed by atoms with E-state index in [1.807, 2.05) is 28.7 Å². The molecule has 0 saturated carbocycles. The van der Waals surface area contributed by atoms with Crippen molar-refractivity contribution in [2.45, 2.75) is 6.92 Å². The van der Waals surface area contributed by atoms with Crippen molar-refractivity contribution in [1.29, 1.82) is 5.26 Å². The molecule has 2 aromatic carbocycles. The Morgan fingerprint density at radius 2 is 1.88 bits per heavy atom. The molecule has 2 rings (SSSR count). The summed E-state index contributed by atoms with van der Waals surface area (Å²) < 4.78 is 16.2. The second-order valence-electron chi connectivity index (χ2n) is 6.21. The van der Waals surface area contributed by atoms with E-state index in [1.165, 1.54) is 37.5 Å². The lowest BCUT2D eigenvalue weighted by molar-refractivity contribution is -0.120. The van der Waals surface area contributed by atoms with Crippen molar-refractivity contribution in [3.8, 4) is 17.6 Å². The number of halogens is 1. The van der Waals surface area contributed by atoms with Crippen molar-refractivity contribution in [1.82, 2.24) is 0 Å². The van der Waals surface area contributed by atoms with E-state index < -0.39 is 17.8 Å². The Morgan fingerprint density at radius 1 is 1.19 bits per heavy atom. The van der Waals surface area contributed by atoms with Crippen molar-refractivity contribution in [3.63, 3.8) is 0 Å². The summed E-state index contributed by atoms with van der Waals surface area (Å²) >= 11 is 2.00. The number of hydrogen-bond donors (Lipinski definition) is 2. The predicted octanol–water partition coefficient (Wildman–Crippen LogP) is 2.89. The van der Waals surface area contributed by atoms with Gasteiger partial charge in [-0.1, -0.05) is 0 Å². The third kappa shape index (κ3) is 6.71. The Bertz CT molecular complexity index is 1090. The van der Waals surface area contributed by atoms with Crippen LogP contribution in [0.4, 0.5) is 5.69 Å². The average molecular weight is 549 g/mol. The lowest BCUT2D eigenvalue weighted by Crippen LogP contribution is -2.20. The van der Waals surface area contributed by atoms with Gasteiger partial charge in [0.15, 0.2) is 18.1 Å². The number of nitriles is 1. The number of esters is 1. The van der Waals surface area contributed by atoms with Gasteiger partial charge in [-0.2, -0.15) is 5.26 Å². The minimum Gasteiger partial charge on any atom is -0.490 e. The number of methoxy groups -OCH3 is 1. The largest absolute Gasteiger partial charge is 0.490 e. The summed E-state index contributed by atoms with van der Waals surface area (Å²) in [5.41, 5.74) is 6.25. The van der Waals surface area contributed by atoms with Crippen LogP contribution in [-0.4, -0.2) is 38.1 Å². The third-order valence-corrected chi connectivity index (χ3v) is 4.73. The first kappa shape index (κ1) is 24.7. The van der Waals surface area contributed by atoms with Crippen LogP contribution in [0.15, 0.2) is 42.0 Å². The zero-order chi connectivity index (χ0) is 23.7. The van der Waals surface area contributed by atoms with Crippen LogP contribution < -0.4 is 20.5 Å². The Morgan fingerprint density at radius 3 is 2.44 bits per heavy atom. The molecule has 0 aromatic heterocycles. The van der Waals surface area contributed by atoms with E-state index in [9.17, 15) is 19.6 Å². The number of ether oxygens (including phenoxy) is 3. The minimum absolute atomic E-state index is 0.147. The van der Waals surface area contributed by atoms with Crippen LogP contribution >= 0.6 is 22.6 Å². The molecule has 9 nitrogen and oxygen atoms in total. The van der Waals surface area contributed by atoms with Crippen LogP contribution in [0.25, 0.3) is 6.08 Å². The number of nitrogens with zero attached hydrogens (tertiary/aromatic N) is 1. The fourth-order valence-electron chi connectivity index (χ4n) is 2.54. The van der Waals surface area contributed by atoms with Crippen molar-refractivity contribution >= 4 is 52.1 Å². The minimum atomic E-state index is -0.629. The SMILES string of the molecule is CCOc1cc(/C=C(\C#N)C(=O)Nc2ccc(C(=O)OC)cc2)cc(I)c1OCC(N)=O. The molecule has 0 atom stereocenters. The average Bonchev–Trinajstić information content (AvgIpc) is 2.76. The normalized spacial score (nSPS) is 10.6. The van der Waals surface area contributed by atoms with Gasteiger partial charge >= 0.3 is 5.97 Å². The van der Waals surface area contributed by atoms with Crippen molar-refractivity contribution in [2.24, 2.45) is 5.73 Å². The molecule has 0 fully saturated rings. The van der Waals surface area contributed by atoms with Gasteiger partial charge in [-0.15, -0.1) is 0 Å². The second-order valence-corrected chi connectivity index (χ2v) is 7.37. The van der Waals surface area contributed by atoms with E-state index in [4.69, 9.17) is 15.2 Å². The van der Waals surface area contributed by atoms with Crippen LogP contribution in [0.2, 0.25) is 0 Å². The first-order valence-electron chi connectivity index (χ1n) is 9.28. The molecular formula is C22H20IN3O6. The number of rotatable bonds is 9. The number of benzene rings is 2. The fraction of sp³-hybridized carbons (Fsp3) is 0.182. The fourth-order valence-corrected chi connectivity index (χ4v) is 3.32. The molecule has 0 unspecified atom stereocenters. The van der Waals surface area contributed by atoms with Crippen LogP contribution in [0.3, 0.4) is 0 Å². The summed E-state index contributed by atoms with van der Waals surface area (Å²) in [5.74, 6) is -1.06. The number of hydrogen-bond acceptors (Lipinski definition) is 7. The molecule has 166 valence electrons. The molecule has 0 aliphatic rings. The van der Waals surface area contributed by atoms with Crippen LogP contribution in [0.5, 0.6) is 11.5 Å². The number of nitrogens with two attached hydrogens (primary N) is 1. The molecule has 2 aromatic rings. The highest BCUT2D eigenvalue weighted by atomic mass is 127. The van der Waals surface area contributed by atoms with Gasteiger partial charge in [0.05, 0.1) is 22.9 Å². The molecule has 0 heterocycles. The first-order chi connectivity index (χ1) is 15.3. The number of anilines is 1. The van der Waals surface area contributed by atoms with Gasteiger partial charge < -0.3 is 25.3 Å². The summed E-state index contributed by atoms with van der Waals surface area (Å²) in [4.78, 5) is 35.1.